The van der Waals surface area contributed by atoms with E-state index < -0.39 is 23.7 Å². The Bertz CT molecular complexity index is 1320. The van der Waals surface area contributed by atoms with Crippen LogP contribution in [0.2, 0.25) is 5.02 Å². The summed E-state index contributed by atoms with van der Waals surface area (Å²) in [6.45, 7) is -0.390. The van der Waals surface area contributed by atoms with Gasteiger partial charge in [0.05, 0.1) is 29.8 Å². The average Bonchev–Trinajstić information content (AvgIpc) is 3.45. The number of rotatable bonds is 4. The Labute approximate surface area is 193 Å². The summed E-state index contributed by atoms with van der Waals surface area (Å²) in [6.07, 6.45) is 5.39. The molecule has 1 aliphatic carbocycles. The van der Waals surface area contributed by atoms with Gasteiger partial charge in [-0.05, 0) is 71.6 Å². The molecule has 5 rings (SSSR count). The summed E-state index contributed by atoms with van der Waals surface area (Å²) in [5.41, 5.74) is 4.26. The summed E-state index contributed by atoms with van der Waals surface area (Å²) in [7, 11) is 1.21. The molecule has 0 radical (unpaired) electrons. The molecule has 9 heteroatoms. The monoisotopic (exact) mass is 467 g/mol. The van der Waals surface area contributed by atoms with E-state index in [2.05, 4.69) is 15.9 Å². The van der Waals surface area contributed by atoms with E-state index in [4.69, 9.17) is 11.6 Å². The Balaban J connectivity index is 1.42. The number of ether oxygens (including phenoxy) is 1. The second-order valence-corrected chi connectivity index (χ2v) is 9.08. The molecule has 32 heavy (non-hydrogen) atoms. The molecule has 7 nitrogen and oxygen atoms in total. The number of halogens is 1. The molecule has 1 atom stereocenters. The highest BCUT2D eigenvalue weighted by molar-refractivity contribution is 8.18. The van der Waals surface area contributed by atoms with E-state index in [1.54, 1.807) is 6.08 Å². The van der Waals surface area contributed by atoms with Crippen LogP contribution in [0.25, 0.3) is 17.0 Å². The first-order valence-corrected chi connectivity index (χ1v) is 11.2. The number of carbonyl (C=O) groups excluding carboxylic acids is 3. The highest BCUT2D eigenvalue weighted by Gasteiger charge is 2.36. The number of hydrogen-bond acceptors (Lipinski definition) is 6. The quantitative estimate of drug-likeness (QED) is 0.417. The van der Waals surface area contributed by atoms with Crippen molar-refractivity contribution in [2.24, 2.45) is 0 Å². The van der Waals surface area contributed by atoms with Crippen molar-refractivity contribution in [1.82, 2.24) is 14.7 Å². The zero-order chi connectivity index (χ0) is 22.4. The van der Waals surface area contributed by atoms with Gasteiger partial charge in [-0.3, -0.25) is 24.0 Å². The molecule has 0 bridgehead atoms. The summed E-state index contributed by atoms with van der Waals surface area (Å²) in [4.78, 5) is 37.3. The molecule has 1 aliphatic heterocycles. The van der Waals surface area contributed by atoms with Crippen molar-refractivity contribution in [2.75, 3.05) is 13.7 Å². The zero-order valence-electron chi connectivity index (χ0n) is 17.1. The van der Waals surface area contributed by atoms with Crippen molar-refractivity contribution in [2.45, 2.75) is 18.9 Å². The fraction of sp³-hybridized carbons (Fsp3) is 0.217. The van der Waals surface area contributed by atoms with Crippen molar-refractivity contribution in [1.29, 1.82) is 0 Å². The van der Waals surface area contributed by atoms with Crippen LogP contribution in [0.1, 0.15) is 29.2 Å². The molecule has 2 aliphatic rings. The van der Waals surface area contributed by atoms with E-state index in [9.17, 15) is 14.4 Å². The molecule has 162 valence electrons. The second kappa shape index (κ2) is 8.11. The van der Waals surface area contributed by atoms with Gasteiger partial charge in [0.1, 0.15) is 6.54 Å². The van der Waals surface area contributed by atoms with E-state index >= 15 is 0 Å². The number of fused-ring (bicyclic) bond motifs is 2. The molecule has 1 aromatic heterocycles. The lowest BCUT2D eigenvalue weighted by Crippen LogP contribution is -2.34. The van der Waals surface area contributed by atoms with Crippen LogP contribution >= 0.6 is 23.4 Å². The van der Waals surface area contributed by atoms with Gasteiger partial charge in [-0.15, -0.1) is 0 Å². The number of amides is 2. The number of nitrogens with zero attached hydrogens (tertiary/aromatic N) is 3. The van der Waals surface area contributed by atoms with E-state index in [1.165, 1.54) is 18.2 Å². The van der Waals surface area contributed by atoms with Crippen molar-refractivity contribution in [3.63, 3.8) is 0 Å². The number of hydrogen-bond donors (Lipinski definition) is 0. The van der Waals surface area contributed by atoms with Crippen LogP contribution < -0.4 is 0 Å². The maximum absolute atomic E-state index is 12.5. The Morgan fingerprint density at radius 2 is 2.12 bits per heavy atom. The number of carbonyl (C=O) groups is 3. The molecule has 1 fully saturated rings. The van der Waals surface area contributed by atoms with Crippen LogP contribution in [-0.2, 0) is 20.7 Å². The van der Waals surface area contributed by atoms with Gasteiger partial charge >= 0.3 is 5.97 Å². The topological polar surface area (TPSA) is 81.5 Å². The van der Waals surface area contributed by atoms with Crippen molar-refractivity contribution in [3.05, 3.63) is 69.2 Å². The number of methoxy groups -OCH3 is 1. The summed E-state index contributed by atoms with van der Waals surface area (Å²) in [5.74, 6) is -1.14. The molecule has 2 amide bonds. The van der Waals surface area contributed by atoms with E-state index in [-0.39, 0.29) is 10.9 Å². The fourth-order valence-electron chi connectivity index (χ4n) is 4.21. The van der Waals surface area contributed by atoms with Crippen LogP contribution in [0, 0.1) is 0 Å². The van der Waals surface area contributed by atoms with Gasteiger partial charge in [0.15, 0.2) is 0 Å². The molecule has 1 saturated heterocycles. The van der Waals surface area contributed by atoms with Crippen LogP contribution in [0.5, 0.6) is 0 Å². The average molecular weight is 468 g/mol. The van der Waals surface area contributed by atoms with Crippen LogP contribution in [0.3, 0.4) is 0 Å². The number of aryl methyl sites for hydroxylation is 1. The SMILES string of the molecule is COC(=O)CN1C(=O)S/C(=C\c2ccc3c(cnn3[C@H]3CCc4cc(Cl)ccc43)c2)C1=O. The highest BCUT2D eigenvalue weighted by Crippen LogP contribution is 2.37. The molecule has 0 spiro atoms. The van der Waals surface area contributed by atoms with Crippen molar-refractivity contribution < 1.29 is 19.1 Å². The minimum atomic E-state index is -0.641. The lowest BCUT2D eigenvalue weighted by molar-refractivity contribution is -0.143. The summed E-state index contributed by atoms with van der Waals surface area (Å²) in [6, 6.07) is 12.0. The highest BCUT2D eigenvalue weighted by atomic mass is 35.5. The minimum Gasteiger partial charge on any atom is -0.468 e. The van der Waals surface area contributed by atoms with Gasteiger partial charge in [0.25, 0.3) is 11.1 Å². The summed E-state index contributed by atoms with van der Waals surface area (Å²) < 4.78 is 6.58. The lowest BCUT2D eigenvalue weighted by Gasteiger charge is -2.14. The molecular formula is C23H18ClN3O4S. The first-order valence-electron chi connectivity index (χ1n) is 10.0. The second-order valence-electron chi connectivity index (χ2n) is 7.65. The zero-order valence-corrected chi connectivity index (χ0v) is 18.7. The Hall–Kier alpha value is -3.10. The number of esters is 1. The van der Waals surface area contributed by atoms with Crippen LogP contribution in [0.4, 0.5) is 4.79 Å². The Kier molecular flexibility index (Phi) is 5.27. The van der Waals surface area contributed by atoms with Gasteiger partial charge in [-0.1, -0.05) is 23.7 Å². The standard InChI is InChI=1S/C23H18ClN3O4S/c1-31-21(28)12-26-22(29)20(32-23(26)30)9-13-2-6-18-15(8-13)11-25-27(18)19-7-3-14-10-16(24)4-5-17(14)19/h2,4-6,8-11,19H,3,7,12H2,1H3/b20-9-/t19-/m0/s1. The van der Waals surface area contributed by atoms with Crippen LogP contribution in [-0.4, -0.2) is 45.5 Å². The Morgan fingerprint density at radius 3 is 2.94 bits per heavy atom. The minimum absolute atomic E-state index is 0.153. The molecule has 0 saturated carbocycles. The normalized spacial score (nSPS) is 19.2. The smallest absolute Gasteiger partial charge is 0.325 e. The summed E-state index contributed by atoms with van der Waals surface area (Å²) in [5, 5.41) is 5.83. The van der Waals surface area contributed by atoms with Crippen LogP contribution in [0.15, 0.2) is 47.5 Å². The van der Waals surface area contributed by atoms with Gasteiger partial charge in [-0.2, -0.15) is 5.10 Å². The Morgan fingerprint density at radius 1 is 1.28 bits per heavy atom. The van der Waals surface area contributed by atoms with E-state index in [0.717, 1.165) is 51.0 Å². The van der Waals surface area contributed by atoms with Gasteiger partial charge in [-0.25, -0.2) is 0 Å². The molecule has 0 N–H and O–H groups in total. The molecular weight excluding hydrogens is 450 g/mol. The number of imide groups is 1. The maximum atomic E-state index is 12.5. The van der Waals surface area contributed by atoms with Gasteiger partial charge in [0.2, 0.25) is 0 Å². The third-order valence-electron chi connectivity index (χ3n) is 5.75. The lowest BCUT2D eigenvalue weighted by atomic mass is 10.1. The maximum Gasteiger partial charge on any atom is 0.325 e. The summed E-state index contributed by atoms with van der Waals surface area (Å²) >= 11 is 6.95. The largest absolute Gasteiger partial charge is 0.468 e. The molecule has 2 aromatic carbocycles. The molecule has 0 unspecified atom stereocenters. The third kappa shape index (κ3) is 3.59. The number of aromatic nitrogens is 2. The molecule has 2 heterocycles. The van der Waals surface area contributed by atoms with Crippen molar-refractivity contribution in [3.8, 4) is 0 Å². The predicted octanol–water partition coefficient (Wildman–Crippen LogP) is 4.43. The fourth-order valence-corrected chi connectivity index (χ4v) is 5.24. The first-order chi connectivity index (χ1) is 15.4. The predicted molar refractivity (Wildman–Crippen MR) is 122 cm³/mol. The number of thioether (sulfide) groups is 1. The van der Waals surface area contributed by atoms with Gasteiger partial charge in [0, 0.05) is 10.4 Å². The third-order valence-corrected chi connectivity index (χ3v) is 6.89. The van der Waals surface area contributed by atoms with E-state index in [1.807, 2.05) is 41.2 Å². The van der Waals surface area contributed by atoms with Crippen molar-refractivity contribution >= 4 is 57.5 Å². The first kappa shape index (κ1) is 20.8. The van der Waals surface area contributed by atoms with Gasteiger partial charge < -0.3 is 4.74 Å². The molecule has 3 aromatic rings. The number of benzene rings is 2. The van der Waals surface area contributed by atoms with E-state index in [0.29, 0.717) is 0 Å².